The van der Waals surface area contributed by atoms with Crippen LogP contribution in [0.1, 0.15) is 17.2 Å². The maximum atomic E-state index is 11.9. The molecule has 0 fully saturated rings. The molecule has 2 aromatic rings. The van der Waals surface area contributed by atoms with E-state index in [0.717, 1.165) is 11.1 Å². The van der Waals surface area contributed by atoms with Gasteiger partial charge in [-0.1, -0.05) is 36.4 Å². The molecule has 5 nitrogen and oxygen atoms in total. The predicted octanol–water partition coefficient (Wildman–Crippen LogP) is 1.98. The number of hydrazine groups is 1. The van der Waals surface area contributed by atoms with E-state index in [4.69, 9.17) is 5.73 Å². The Bertz CT molecular complexity index is 620. The first-order valence-corrected chi connectivity index (χ1v) is 7.18. The lowest BCUT2D eigenvalue weighted by atomic mass is 10.1. The molecular formula is C15H16BrN3O2. The van der Waals surface area contributed by atoms with Crippen molar-refractivity contribution in [1.82, 2.24) is 10.9 Å². The predicted molar refractivity (Wildman–Crippen MR) is 84.2 cm³/mol. The summed E-state index contributed by atoms with van der Waals surface area (Å²) in [5, 5.41) is 9.40. The van der Waals surface area contributed by atoms with Gasteiger partial charge in [0.1, 0.15) is 11.8 Å². The van der Waals surface area contributed by atoms with E-state index in [-0.39, 0.29) is 11.7 Å². The fraction of sp³-hybridized carbons (Fsp3) is 0.133. The highest BCUT2D eigenvalue weighted by molar-refractivity contribution is 9.10. The van der Waals surface area contributed by atoms with Crippen molar-refractivity contribution < 1.29 is 9.90 Å². The summed E-state index contributed by atoms with van der Waals surface area (Å²) in [7, 11) is 0. The molecule has 0 aliphatic carbocycles. The molecule has 0 aromatic heterocycles. The molecule has 0 unspecified atom stereocenters. The van der Waals surface area contributed by atoms with E-state index in [1.807, 2.05) is 18.2 Å². The van der Waals surface area contributed by atoms with Crippen molar-refractivity contribution in [2.75, 3.05) is 0 Å². The van der Waals surface area contributed by atoms with Crippen molar-refractivity contribution in [3.05, 3.63) is 64.1 Å². The number of phenols is 1. The fourth-order valence-corrected chi connectivity index (χ4v) is 2.21. The number of halogens is 1. The Morgan fingerprint density at radius 3 is 2.62 bits per heavy atom. The monoisotopic (exact) mass is 349 g/mol. The van der Waals surface area contributed by atoms with Gasteiger partial charge in [0.15, 0.2) is 0 Å². The number of carbonyl (C=O) groups is 1. The van der Waals surface area contributed by atoms with Crippen LogP contribution in [0.4, 0.5) is 0 Å². The number of rotatable bonds is 5. The lowest BCUT2D eigenvalue weighted by molar-refractivity contribution is -0.123. The van der Waals surface area contributed by atoms with Crippen LogP contribution < -0.4 is 16.6 Å². The lowest BCUT2D eigenvalue weighted by Crippen LogP contribution is -2.42. The number of nitrogens with one attached hydrogen (secondary N) is 2. The first kappa shape index (κ1) is 15.5. The van der Waals surface area contributed by atoms with Crippen LogP contribution in [-0.2, 0) is 11.3 Å². The summed E-state index contributed by atoms with van der Waals surface area (Å²) in [5.74, 6) is -0.132. The second kappa shape index (κ2) is 7.21. The van der Waals surface area contributed by atoms with Crippen LogP contribution in [-0.4, -0.2) is 11.0 Å². The van der Waals surface area contributed by atoms with Crippen molar-refractivity contribution in [3.63, 3.8) is 0 Å². The molecule has 2 aromatic carbocycles. The zero-order valence-electron chi connectivity index (χ0n) is 11.2. The number of amides is 1. The average Bonchev–Trinajstić information content (AvgIpc) is 2.51. The van der Waals surface area contributed by atoms with Gasteiger partial charge in [-0.25, -0.2) is 5.43 Å². The summed E-state index contributed by atoms with van der Waals surface area (Å²) >= 11 is 3.24. The third-order valence-corrected chi connectivity index (χ3v) is 3.59. The van der Waals surface area contributed by atoms with Gasteiger partial charge in [-0.15, -0.1) is 0 Å². The van der Waals surface area contributed by atoms with Crippen LogP contribution in [0.2, 0.25) is 0 Å². The molecule has 0 bridgehead atoms. The Hall–Kier alpha value is -1.89. The van der Waals surface area contributed by atoms with Crippen molar-refractivity contribution >= 4 is 21.8 Å². The highest BCUT2D eigenvalue weighted by Gasteiger charge is 2.14. The van der Waals surface area contributed by atoms with E-state index in [0.29, 0.717) is 11.0 Å². The van der Waals surface area contributed by atoms with Crippen LogP contribution >= 0.6 is 15.9 Å². The summed E-state index contributed by atoms with van der Waals surface area (Å²) in [6, 6.07) is 13.6. The van der Waals surface area contributed by atoms with Gasteiger partial charge in [0, 0.05) is 6.54 Å². The molecule has 0 spiro atoms. The van der Waals surface area contributed by atoms with Crippen LogP contribution in [0.5, 0.6) is 5.75 Å². The molecule has 1 atom stereocenters. The molecule has 0 saturated heterocycles. The van der Waals surface area contributed by atoms with Crippen LogP contribution in [0.3, 0.4) is 0 Å². The number of carbonyl (C=O) groups excluding carboxylic acids is 1. The van der Waals surface area contributed by atoms with Crippen molar-refractivity contribution in [2.45, 2.75) is 12.6 Å². The summed E-state index contributed by atoms with van der Waals surface area (Å²) in [6.07, 6.45) is 0. The molecule has 6 heteroatoms. The third-order valence-electron chi connectivity index (χ3n) is 2.96. The molecule has 0 saturated carbocycles. The molecule has 0 aliphatic rings. The number of aromatic hydroxyl groups is 1. The summed E-state index contributed by atoms with van der Waals surface area (Å²) < 4.78 is 0.606. The topological polar surface area (TPSA) is 87.4 Å². The number of nitrogens with two attached hydrogens (primary N) is 1. The Labute approximate surface area is 131 Å². The molecule has 0 radical (unpaired) electrons. The Morgan fingerprint density at radius 2 is 1.95 bits per heavy atom. The van der Waals surface area contributed by atoms with Crippen molar-refractivity contribution in [2.24, 2.45) is 5.73 Å². The van der Waals surface area contributed by atoms with Gasteiger partial charge >= 0.3 is 0 Å². The second-order valence-corrected chi connectivity index (χ2v) is 5.37. The first-order valence-electron chi connectivity index (χ1n) is 6.38. The number of benzene rings is 2. The van der Waals surface area contributed by atoms with Crippen molar-refractivity contribution in [1.29, 1.82) is 0 Å². The summed E-state index contributed by atoms with van der Waals surface area (Å²) in [6.45, 7) is 0.423. The zero-order valence-corrected chi connectivity index (χ0v) is 12.8. The van der Waals surface area contributed by atoms with Crippen LogP contribution in [0.25, 0.3) is 0 Å². The van der Waals surface area contributed by atoms with E-state index in [1.54, 1.807) is 30.3 Å². The van der Waals surface area contributed by atoms with E-state index >= 15 is 0 Å². The minimum absolute atomic E-state index is 0.175. The third kappa shape index (κ3) is 4.29. The SMILES string of the molecule is N[C@H](C(=O)NNCc1ccc(O)c(Br)c1)c1ccccc1. The summed E-state index contributed by atoms with van der Waals surface area (Å²) in [5.41, 5.74) is 12.9. The molecule has 0 heterocycles. The standard InChI is InChI=1S/C15H16BrN3O2/c16-12-8-10(6-7-13(12)20)9-18-19-15(21)14(17)11-4-2-1-3-5-11/h1-8,14,18,20H,9,17H2,(H,19,21)/t14-/m0/s1. The van der Waals surface area contributed by atoms with Gasteiger partial charge in [0.05, 0.1) is 4.47 Å². The van der Waals surface area contributed by atoms with Crippen LogP contribution in [0.15, 0.2) is 53.0 Å². The largest absolute Gasteiger partial charge is 0.507 e. The van der Waals surface area contributed by atoms with Crippen LogP contribution in [0, 0.1) is 0 Å². The maximum Gasteiger partial charge on any atom is 0.255 e. The average molecular weight is 350 g/mol. The zero-order chi connectivity index (χ0) is 15.2. The molecular weight excluding hydrogens is 334 g/mol. The molecule has 1 amide bonds. The first-order chi connectivity index (χ1) is 10.1. The molecule has 2 rings (SSSR count). The number of hydrogen-bond donors (Lipinski definition) is 4. The Balaban J connectivity index is 1.85. The van der Waals surface area contributed by atoms with E-state index < -0.39 is 6.04 Å². The van der Waals surface area contributed by atoms with Gasteiger partial charge in [-0.05, 0) is 39.2 Å². The van der Waals surface area contributed by atoms with Gasteiger partial charge in [-0.3, -0.25) is 10.2 Å². The lowest BCUT2D eigenvalue weighted by Gasteiger charge is -2.13. The highest BCUT2D eigenvalue weighted by atomic mass is 79.9. The summed E-state index contributed by atoms with van der Waals surface area (Å²) in [4.78, 5) is 11.9. The quantitative estimate of drug-likeness (QED) is 0.621. The number of phenolic OH excluding ortho intramolecular Hbond substituents is 1. The molecule has 0 aliphatic heterocycles. The second-order valence-electron chi connectivity index (χ2n) is 4.52. The highest BCUT2D eigenvalue weighted by Crippen LogP contribution is 2.24. The molecule has 21 heavy (non-hydrogen) atoms. The normalized spacial score (nSPS) is 11.9. The Kier molecular flexibility index (Phi) is 5.32. The van der Waals surface area contributed by atoms with E-state index in [9.17, 15) is 9.90 Å². The molecule has 5 N–H and O–H groups in total. The number of hydrogen-bond acceptors (Lipinski definition) is 4. The maximum absolute atomic E-state index is 11.9. The molecule has 110 valence electrons. The minimum Gasteiger partial charge on any atom is -0.507 e. The van der Waals surface area contributed by atoms with E-state index in [1.165, 1.54) is 0 Å². The minimum atomic E-state index is -0.717. The van der Waals surface area contributed by atoms with E-state index in [2.05, 4.69) is 26.8 Å². The van der Waals surface area contributed by atoms with Gasteiger partial charge < -0.3 is 10.8 Å². The Morgan fingerprint density at radius 1 is 1.24 bits per heavy atom. The smallest absolute Gasteiger partial charge is 0.255 e. The van der Waals surface area contributed by atoms with Gasteiger partial charge in [0.2, 0.25) is 0 Å². The van der Waals surface area contributed by atoms with Crippen molar-refractivity contribution in [3.8, 4) is 5.75 Å². The fourth-order valence-electron chi connectivity index (χ4n) is 1.78. The van der Waals surface area contributed by atoms with Gasteiger partial charge in [-0.2, -0.15) is 0 Å². The van der Waals surface area contributed by atoms with Gasteiger partial charge in [0.25, 0.3) is 5.91 Å².